The van der Waals surface area contributed by atoms with Gasteiger partial charge in [-0.05, 0) is 51.2 Å². The zero-order valence-electron chi connectivity index (χ0n) is 12.0. The summed E-state index contributed by atoms with van der Waals surface area (Å²) in [5.74, 6) is 0. The molecule has 1 saturated heterocycles. The van der Waals surface area contributed by atoms with Gasteiger partial charge in [-0.2, -0.15) is 0 Å². The number of piperidine rings is 1. The summed E-state index contributed by atoms with van der Waals surface area (Å²) in [4.78, 5) is 2.78. The number of nitrogens with zero attached hydrogens (tertiary/aromatic N) is 1. The number of nitrogens with one attached hydrogen (secondary N) is 1. The van der Waals surface area contributed by atoms with Gasteiger partial charge in [0.25, 0.3) is 0 Å². The second-order valence-electron chi connectivity index (χ2n) is 6.80. The van der Waals surface area contributed by atoms with Gasteiger partial charge in [0, 0.05) is 12.1 Å². The van der Waals surface area contributed by atoms with E-state index in [9.17, 15) is 0 Å². The largest absolute Gasteiger partial charge is 0.315 e. The summed E-state index contributed by atoms with van der Waals surface area (Å²) in [6.07, 6.45) is 9.82. The van der Waals surface area contributed by atoms with Gasteiger partial charge in [0.05, 0.1) is 0 Å². The van der Waals surface area contributed by atoms with E-state index in [1.54, 1.807) is 0 Å². The molecule has 1 N–H and O–H groups in total. The first-order chi connectivity index (χ1) is 8.12. The van der Waals surface area contributed by atoms with Crippen molar-refractivity contribution in [2.24, 2.45) is 5.41 Å². The number of hydrogen-bond acceptors (Lipinski definition) is 2. The third-order valence-electron chi connectivity index (χ3n) is 4.97. The van der Waals surface area contributed by atoms with Gasteiger partial charge in [-0.1, -0.05) is 33.1 Å². The lowest BCUT2D eigenvalue weighted by atomic mass is 9.81. The first-order valence-corrected chi connectivity index (χ1v) is 7.54. The predicted molar refractivity (Wildman–Crippen MR) is 74.3 cm³/mol. The molecule has 0 spiro atoms. The van der Waals surface area contributed by atoms with E-state index in [4.69, 9.17) is 0 Å². The highest BCUT2D eigenvalue weighted by molar-refractivity contribution is 4.89. The average Bonchev–Trinajstić information content (AvgIpc) is 2.54. The molecule has 100 valence electrons. The second kappa shape index (κ2) is 5.71. The molecule has 1 saturated carbocycles. The topological polar surface area (TPSA) is 15.3 Å². The van der Waals surface area contributed by atoms with Gasteiger partial charge >= 0.3 is 0 Å². The molecule has 2 aliphatic rings. The van der Waals surface area contributed by atoms with E-state index < -0.39 is 0 Å². The van der Waals surface area contributed by atoms with Gasteiger partial charge in [-0.15, -0.1) is 0 Å². The monoisotopic (exact) mass is 238 g/mol. The van der Waals surface area contributed by atoms with Crippen molar-refractivity contribution in [3.63, 3.8) is 0 Å². The van der Waals surface area contributed by atoms with Crippen LogP contribution in [0.2, 0.25) is 0 Å². The summed E-state index contributed by atoms with van der Waals surface area (Å²) in [5.41, 5.74) is 0.580. The molecule has 2 fully saturated rings. The maximum absolute atomic E-state index is 3.57. The van der Waals surface area contributed by atoms with E-state index in [2.05, 4.69) is 31.1 Å². The Morgan fingerprint density at radius 2 is 1.65 bits per heavy atom. The van der Waals surface area contributed by atoms with Crippen molar-refractivity contribution < 1.29 is 0 Å². The van der Waals surface area contributed by atoms with Gasteiger partial charge in [0.1, 0.15) is 0 Å². The Morgan fingerprint density at radius 1 is 1.00 bits per heavy atom. The minimum absolute atomic E-state index is 0.580. The van der Waals surface area contributed by atoms with Gasteiger partial charge in [0.15, 0.2) is 0 Å². The molecule has 2 unspecified atom stereocenters. The highest BCUT2D eigenvalue weighted by atomic mass is 15.2. The van der Waals surface area contributed by atoms with E-state index in [0.29, 0.717) is 5.41 Å². The number of rotatable bonds is 2. The lowest BCUT2D eigenvalue weighted by Gasteiger charge is -2.43. The Balaban J connectivity index is 1.95. The molecule has 2 heteroatoms. The van der Waals surface area contributed by atoms with Crippen molar-refractivity contribution in [2.45, 2.75) is 70.9 Å². The Hall–Kier alpha value is -0.0800. The summed E-state index contributed by atoms with van der Waals surface area (Å²) >= 11 is 0. The second-order valence-corrected chi connectivity index (χ2v) is 6.80. The summed E-state index contributed by atoms with van der Waals surface area (Å²) in [6, 6.07) is 1.54. The summed E-state index contributed by atoms with van der Waals surface area (Å²) in [6.45, 7) is 7.48. The Kier molecular flexibility index (Phi) is 4.48. The van der Waals surface area contributed by atoms with E-state index in [1.165, 1.54) is 58.0 Å². The third-order valence-corrected chi connectivity index (χ3v) is 4.97. The van der Waals surface area contributed by atoms with Gasteiger partial charge in [-0.3, -0.25) is 4.90 Å². The van der Waals surface area contributed by atoms with Crippen LogP contribution in [0.25, 0.3) is 0 Å². The van der Waals surface area contributed by atoms with E-state index in [1.807, 2.05) is 0 Å². The Labute approximate surface area is 107 Å². The van der Waals surface area contributed by atoms with Crippen molar-refractivity contribution in [3.8, 4) is 0 Å². The minimum Gasteiger partial charge on any atom is -0.315 e. The first-order valence-electron chi connectivity index (χ1n) is 7.54. The van der Waals surface area contributed by atoms with Gasteiger partial charge < -0.3 is 5.32 Å². The SMILES string of the molecule is CNC1CCCCCC1N1CCC(C)(C)CC1. The van der Waals surface area contributed by atoms with Crippen molar-refractivity contribution >= 4 is 0 Å². The normalized spacial score (nSPS) is 35.5. The number of hydrogen-bond donors (Lipinski definition) is 1. The number of likely N-dealkylation sites (tertiary alicyclic amines) is 1. The molecule has 2 nitrogen and oxygen atoms in total. The maximum atomic E-state index is 3.57. The zero-order valence-corrected chi connectivity index (χ0v) is 12.0. The van der Waals surface area contributed by atoms with Crippen molar-refractivity contribution in [2.75, 3.05) is 20.1 Å². The maximum Gasteiger partial charge on any atom is 0.0249 e. The molecule has 0 radical (unpaired) electrons. The molecule has 17 heavy (non-hydrogen) atoms. The molecular formula is C15H30N2. The molecule has 2 rings (SSSR count). The standard InChI is InChI=1S/C15H30N2/c1-15(2)9-11-17(12-10-15)14-8-6-4-5-7-13(14)16-3/h13-14,16H,4-12H2,1-3H3. The van der Waals surface area contributed by atoms with Crippen LogP contribution >= 0.6 is 0 Å². The van der Waals surface area contributed by atoms with Crippen LogP contribution in [-0.2, 0) is 0 Å². The molecule has 0 aromatic rings. The quantitative estimate of drug-likeness (QED) is 0.744. The minimum atomic E-state index is 0.580. The summed E-state index contributed by atoms with van der Waals surface area (Å²) < 4.78 is 0. The van der Waals surface area contributed by atoms with Gasteiger partial charge in [-0.25, -0.2) is 0 Å². The van der Waals surface area contributed by atoms with Crippen molar-refractivity contribution in [1.82, 2.24) is 10.2 Å². The number of likely N-dealkylation sites (N-methyl/N-ethyl adjacent to an activating group) is 1. The van der Waals surface area contributed by atoms with Gasteiger partial charge in [0.2, 0.25) is 0 Å². The highest BCUT2D eigenvalue weighted by Gasteiger charge is 2.33. The van der Waals surface area contributed by atoms with Crippen LogP contribution in [0, 0.1) is 5.41 Å². The van der Waals surface area contributed by atoms with Crippen LogP contribution in [-0.4, -0.2) is 37.1 Å². The van der Waals surface area contributed by atoms with E-state index >= 15 is 0 Å². The van der Waals surface area contributed by atoms with Crippen LogP contribution in [0.5, 0.6) is 0 Å². The van der Waals surface area contributed by atoms with Crippen LogP contribution in [0.15, 0.2) is 0 Å². The summed E-state index contributed by atoms with van der Waals surface area (Å²) in [7, 11) is 2.15. The zero-order chi connectivity index (χ0) is 12.3. The Bertz CT molecular complexity index is 227. The molecule has 1 heterocycles. The van der Waals surface area contributed by atoms with Crippen molar-refractivity contribution in [3.05, 3.63) is 0 Å². The molecule has 0 aromatic carbocycles. The van der Waals surface area contributed by atoms with E-state index in [-0.39, 0.29) is 0 Å². The lowest BCUT2D eigenvalue weighted by molar-refractivity contribution is 0.0733. The molecular weight excluding hydrogens is 208 g/mol. The third kappa shape index (κ3) is 3.45. The molecule has 1 aliphatic carbocycles. The molecule has 1 aliphatic heterocycles. The lowest BCUT2D eigenvalue weighted by Crippen LogP contribution is -2.52. The van der Waals surface area contributed by atoms with Crippen LogP contribution in [0.3, 0.4) is 0 Å². The molecule has 0 amide bonds. The molecule has 0 aromatic heterocycles. The highest BCUT2D eigenvalue weighted by Crippen LogP contribution is 2.33. The average molecular weight is 238 g/mol. The van der Waals surface area contributed by atoms with Crippen molar-refractivity contribution in [1.29, 1.82) is 0 Å². The fourth-order valence-electron chi connectivity index (χ4n) is 3.52. The molecule has 2 atom stereocenters. The van der Waals surface area contributed by atoms with Crippen LogP contribution in [0.1, 0.15) is 58.8 Å². The smallest absolute Gasteiger partial charge is 0.0249 e. The van der Waals surface area contributed by atoms with E-state index in [0.717, 1.165) is 12.1 Å². The fraction of sp³-hybridized carbons (Fsp3) is 1.00. The van der Waals surface area contributed by atoms with Crippen LogP contribution < -0.4 is 5.32 Å². The van der Waals surface area contributed by atoms with Crippen LogP contribution in [0.4, 0.5) is 0 Å². The molecule has 0 bridgehead atoms. The fourth-order valence-corrected chi connectivity index (χ4v) is 3.52. The summed E-state index contributed by atoms with van der Waals surface area (Å²) in [5, 5.41) is 3.57. The first kappa shape index (κ1) is 13.4. The predicted octanol–water partition coefficient (Wildman–Crippen LogP) is 3.03. The Morgan fingerprint density at radius 3 is 2.29 bits per heavy atom.